The summed E-state index contributed by atoms with van der Waals surface area (Å²) in [6, 6.07) is 1.46. The summed E-state index contributed by atoms with van der Waals surface area (Å²) in [6.07, 6.45) is 3.33. The fraction of sp³-hybridized carbons (Fsp3) is 0.615. The molecular formula is C26H36BN3O7. The fourth-order valence-electron chi connectivity index (χ4n) is 4.45. The number of carbonyl (C=O) groups excluding carboxylic acids is 2. The van der Waals surface area contributed by atoms with E-state index < -0.39 is 41.4 Å². The van der Waals surface area contributed by atoms with Crippen LogP contribution in [0.5, 0.6) is 0 Å². The molecule has 2 saturated heterocycles. The van der Waals surface area contributed by atoms with Crippen molar-refractivity contribution in [2.24, 2.45) is 0 Å². The summed E-state index contributed by atoms with van der Waals surface area (Å²) in [7, 11) is -0.713. The largest absolute Gasteiger partial charge is 0.496 e. The summed E-state index contributed by atoms with van der Waals surface area (Å²) in [5, 5.41) is 0.258. The second-order valence-corrected chi connectivity index (χ2v) is 11.6. The van der Waals surface area contributed by atoms with Crippen molar-refractivity contribution in [3.05, 3.63) is 34.2 Å². The highest BCUT2D eigenvalue weighted by Crippen LogP contribution is 2.36. The minimum absolute atomic E-state index is 0.0852. The Bertz CT molecular complexity index is 1270. The third-order valence-corrected chi connectivity index (χ3v) is 7.12. The summed E-state index contributed by atoms with van der Waals surface area (Å²) in [4.78, 5) is 45.1. The first-order valence-electron chi connectivity index (χ1n) is 12.7. The van der Waals surface area contributed by atoms with Gasteiger partial charge >= 0.3 is 19.2 Å². The first kappa shape index (κ1) is 27.1. The van der Waals surface area contributed by atoms with Crippen LogP contribution in [0.25, 0.3) is 11.0 Å². The van der Waals surface area contributed by atoms with E-state index in [2.05, 4.69) is 4.98 Å². The van der Waals surface area contributed by atoms with Crippen LogP contribution in [-0.2, 0) is 18.8 Å². The molecule has 4 rings (SSSR count). The Morgan fingerprint density at radius 3 is 2.43 bits per heavy atom. The van der Waals surface area contributed by atoms with Crippen molar-refractivity contribution in [2.75, 3.05) is 19.7 Å². The average Bonchev–Trinajstić information content (AvgIpc) is 3.35. The Morgan fingerprint density at radius 1 is 1.19 bits per heavy atom. The monoisotopic (exact) mass is 513 g/mol. The molecule has 4 heterocycles. The number of esters is 1. The first-order chi connectivity index (χ1) is 17.1. The standard InChI is InChI=1S/C26H36BN3O7/c1-9-34-22(32)19-15-30(17-10-11-29(14-17)23(33)35-24(2,3)4)21-18(20(19)31)12-16(13-28-21)27-36-25(5,6)26(7,8)37-27/h12-13,15,17H,9-11,14H2,1-8H3/t17-/m1/s1. The van der Waals surface area contributed by atoms with Crippen LogP contribution < -0.4 is 10.9 Å². The second kappa shape index (κ2) is 9.43. The molecule has 1 amide bonds. The van der Waals surface area contributed by atoms with E-state index in [0.717, 1.165) is 0 Å². The Morgan fingerprint density at radius 2 is 1.84 bits per heavy atom. The minimum Gasteiger partial charge on any atom is -0.462 e. The van der Waals surface area contributed by atoms with Gasteiger partial charge in [0.1, 0.15) is 16.8 Å². The highest BCUT2D eigenvalue weighted by Gasteiger charge is 2.52. The van der Waals surface area contributed by atoms with Gasteiger partial charge in [-0.15, -0.1) is 0 Å². The van der Waals surface area contributed by atoms with Gasteiger partial charge < -0.3 is 28.2 Å². The van der Waals surface area contributed by atoms with E-state index in [0.29, 0.717) is 30.6 Å². The van der Waals surface area contributed by atoms with Crippen LogP contribution in [0.3, 0.4) is 0 Å². The summed E-state index contributed by atoms with van der Waals surface area (Å²) in [5.74, 6) is -0.703. The molecule has 0 bridgehead atoms. The Kier molecular flexibility index (Phi) is 6.92. The molecule has 0 N–H and O–H groups in total. The number of amides is 1. The zero-order chi connectivity index (χ0) is 27.3. The van der Waals surface area contributed by atoms with Crippen LogP contribution in [0.2, 0.25) is 0 Å². The number of fused-ring (bicyclic) bond motifs is 1. The molecule has 10 nitrogen and oxygen atoms in total. The summed E-state index contributed by atoms with van der Waals surface area (Å²) in [6.45, 7) is 15.9. The minimum atomic E-state index is -0.713. The molecule has 0 saturated carbocycles. The van der Waals surface area contributed by atoms with Crippen molar-refractivity contribution < 1.29 is 28.4 Å². The predicted molar refractivity (Wildman–Crippen MR) is 139 cm³/mol. The molecule has 200 valence electrons. The lowest BCUT2D eigenvalue weighted by molar-refractivity contribution is 0.00578. The highest BCUT2D eigenvalue weighted by molar-refractivity contribution is 6.62. The number of ether oxygens (including phenoxy) is 2. The normalized spacial score (nSPS) is 20.9. The lowest BCUT2D eigenvalue weighted by Crippen LogP contribution is -2.41. The number of hydrogen-bond donors (Lipinski definition) is 0. The van der Waals surface area contributed by atoms with Crippen molar-refractivity contribution in [1.82, 2.24) is 14.5 Å². The van der Waals surface area contributed by atoms with Crippen molar-refractivity contribution >= 4 is 35.7 Å². The van der Waals surface area contributed by atoms with Crippen molar-refractivity contribution in [3.63, 3.8) is 0 Å². The topological polar surface area (TPSA) is 109 Å². The molecule has 2 fully saturated rings. The summed E-state index contributed by atoms with van der Waals surface area (Å²) >= 11 is 0. The highest BCUT2D eigenvalue weighted by atomic mass is 16.7. The van der Waals surface area contributed by atoms with Gasteiger partial charge in [-0.2, -0.15) is 0 Å². The zero-order valence-corrected chi connectivity index (χ0v) is 22.9. The van der Waals surface area contributed by atoms with Crippen LogP contribution in [-0.4, -0.2) is 70.1 Å². The number of carbonyl (C=O) groups is 2. The van der Waals surface area contributed by atoms with E-state index in [1.807, 2.05) is 48.5 Å². The number of pyridine rings is 2. The van der Waals surface area contributed by atoms with E-state index in [-0.39, 0.29) is 23.6 Å². The van der Waals surface area contributed by atoms with Crippen LogP contribution in [0.4, 0.5) is 4.79 Å². The number of aromatic nitrogens is 2. The van der Waals surface area contributed by atoms with Gasteiger partial charge in [0.2, 0.25) is 5.43 Å². The number of hydrogen-bond acceptors (Lipinski definition) is 8. The summed E-state index contributed by atoms with van der Waals surface area (Å²) < 4.78 is 24.8. The zero-order valence-electron chi connectivity index (χ0n) is 22.9. The molecule has 1 atom stereocenters. The van der Waals surface area contributed by atoms with Crippen LogP contribution in [0, 0.1) is 0 Å². The smallest absolute Gasteiger partial charge is 0.462 e. The van der Waals surface area contributed by atoms with Crippen molar-refractivity contribution in [2.45, 2.75) is 84.7 Å². The SMILES string of the molecule is CCOC(=O)c1cn([C@@H]2CCN(C(=O)OC(C)(C)C)C2)c2ncc(B3OC(C)(C)C(C)(C)O3)cc2c1=O. The Hall–Kier alpha value is -2.92. The maximum atomic E-state index is 13.4. The second-order valence-electron chi connectivity index (χ2n) is 11.6. The number of nitrogens with zero attached hydrogens (tertiary/aromatic N) is 3. The molecule has 37 heavy (non-hydrogen) atoms. The fourth-order valence-corrected chi connectivity index (χ4v) is 4.45. The maximum absolute atomic E-state index is 13.4. The van der Waals surface area contributed by atoms with E-state index in [4.69, 9.17) is 18.8 Å². The van der Waals surface area contributed by atoms with E-state index in [1.54, 1.807) is 28.7 Å². The van der Waals surface area contributed by atoms with E-state index >= 15 is 0 Å². The molecule has 2 aromatic rings. The quantitative estimate of drug-likeness (QED) is 0.454. The van der Waals surface area contributed by atoms with Crippen LogP contribution >= 0.6 is 0 Å². The molecule has 0 aliphatic carbocycles. The van der Waals surface area contributed by atoms with Crippen molar-refractivity contribution in [3.8, 4) is 0 Å². The maximum Gasteiger partial charge on any atom is 0.496 e. The Balaban J connectivity index is 1.75. The van der Waals surface area contributed by atoms with Gasteiger partial charge in [0.05, 0.1) is 29.2 Å². The average molecular weight is 513 g/mol. The molecule has 0 aromatic carbocycles. The molecule has 2 aliphatic rings. The molecule has 0 unspecified atom stereocenters. The van der Waals surface area contributed by atoms with E-state index in [1.165, 1.54) is 6.20 Å². The van der Waals surface area contributed by atoms with Gasteiger partial charge in [-0.3, -0.25) is 4.79 Å². The van der Waals surface area contributed by atoms with Gasteiger partial charge in [-0.05, 0) is 67.9 Å². The van der Waals surface area contributed by atoms with E-state index in [9.17, 15) is 14.4 Å². The summed E-state index contributed by atoms with van der Waals surface area (Å²) in [5.41, 5.74) is -1.30. The molecular weight excluding hydrogens is 477 g/mol. The number of likely N-dealkylation sites (tertiary alicyclic amines) is 1. The van der Waals surface area contributed by atoms with Gasteiger partial charge in [-0.25, -0.2) is 14.6 Å². The van der Waals surface area contributed by atoms with Gasteiger partial charge in [-0.1, -0.05) is 0 Å². The van der Waals surface area contributed by atoms with Crippen molar-refractivity contribution in [1.29, 1.82) is 0 Å². The lowest BCUT2D eigenvalue weighted by Gasteiger charge is -2.32. The predicted octanol–water partition coefficient (Wildman–Crippen LogP) is 3.05. The molecule has 0 spiro atoms. The Labute approximate surface area is 217 Å². The molecule has 2 aliphatic heterocycles. The van der Waals surface area contributed by atoms with Gasteiger partial charge in [0.25, 0.3) is 0 Å². The third-order valence-electron chi connectivity index (χ3n) is 7.12. The van der Waals surface area contributed by atoms with Gasteiger partial charge in [0.15, 0.2) is 0 Å². The lowest BCUT2D eigenvalue weighted by atomic mass is 9.80. The van der Waals surface area contributed by atoms with Gasteiger partial charge in [0, 0.05) is 30.9 Å². The molecule has 0 radical (unpaired) electrons. The van der Waals surface area contributed by atoms with Crippen LogP contribution in [0.1, 0.15) is 78.2 Å². The number of rotatable bonds is 4. The van der Waals surface area contributed by atoms with Crippen LogP contribution in [0.15, 0.2) is 23.3 Å². The first-order valence-corrected chi connectivity index (χ1v) is 12.7. The molecule has 11 heteroatoms. The third kappa shape index (κ3) is 5.24. The molecule has 2 aromatic heterocycles.